The molecular formula is C16H18BrNO2. The molecule has 0 amide bonds. The molecule has 0 aromatic heterocycles. The molecule has 1 atom stereocenters. The lowest BCUT2D eigenvalue weighted by Gasteiger charge is -2.28. The quantitative estimate of drug-likeness (QED) is 0.750. The Morgan fingerprint density at radius 2 is 1.95 bits per heavy atom. The highest BCUT2D eigenvalue weighted by molar-refractivity contribution is 8.93. The summed E-state index contributed by atoms with van der Waals surface area (Å²) in [7, 11) is 0. The zero-order chi connectivity index (χ0) is 13.4. The van der Waals surface area contributed by atoms with E-state index in [-0.39, 0.29) is 22.9 Å². The van der Waals surface area contributed by atoms with Gasteiger partial charge >= 0.3 is 0 Å². The summed E-state index contributed by atoms with van der Waals surface area (Å²) in [6.45, 7) is 3.58. The van der Waals surface area contributed by atoms with Crippen molar-refractivity contribution in [3.63, 3.8) is 0 Å². The lowest BCUT2D eigenvalue weighted by Crippen LogP contribution is -2.29. The van der Waals surface area contributed by atoms with E-state index in [0.29, 0.717) is 11.5 Å². The summed E-state index contributed by atoms with van der Waals surface area (Å²) in [5.74, 6) is 0.854. The molecule has 0 saturated carbocycles. The van der Waals surface area contributed by atoms with E-state index in [1.54, 1.807) is 12.1 Å². The van der Waals surface area contributed by atoms with Crippen molar-refractivity contribution in [2.24, 2.45) is 0 Å². The number of nitrogens with one attached hydrogen (secondary N) is 1. The Bertz CT molecular complexity index is 628. The predicted molar refractivity (Wildman–Crippen MR) is 84.8 cm³/mol. The van der Waals surface area contributed by atoms with Gasteiger partial charge in [-0.2, -0.15) is 0 Å². The summed E-state index contributed by atoms with van der Waals surface area (Å²) in [5, 5.41) is 22.8. The van der Waals surface area contributed by atoms with Crippen molar-refractivity contribution in [1.29, 1.82) is 0 Å². The summed E-state index contributed by atoms with van der Waals surface area (Å²) in [6, 6.07) is 11.1. The Labute approximate surface area is 129 Å². The van der Waals surface area contributed by atoms with E-state index < -0.39 is 0 Å². The van der Waals surface area contributed by atoms with E-state index in [0.717, 1.165) is 24.2 Å². The largest absolute Gasteiger partial charge is 0.508 e. The van der Waals surface area contributed by atoms with E-state index in [9.17, 15) is 10.2 Å². The number of phenolic OH excluding ortho intramolecular Hbond substituents is 2. The van der Waals surface area contributed by atoms with E-state index >= 15 is 0 Å². The molecule has 2 aromatic rings. The average Bonchev–Trinajstić information content (AvgIpc) is 2.42. The Morgan fingerprint density at radius 3 is 2.70 bits per heavy atom. The van der Waals surface area contributed by atoms with Crippen LogP contribution in [0.15, 0.2) is 36.4 Å². The number of phenols is 2. The highest BCUT2D eigenvalue weighted by atomic mass is 79.9. The third-order valence-corrected chi connectivity index (χ3v) is 3.90. The number of aromatic hydroxyl groups is 2. The molecule has 0 aliphatic carbocycles. The van der Waals surface area contributed by atoms with Crippen LogP contribution in [0.2, 0.25) is 0 Å². The second kappa shape index (κ2) is 5.85. The van der Waals surface area contributed by atoms with Crippen LogP contribution in [-0.2, 0) is 6.54 Å². The minimum Gasteiger partial charge on any atom is -0.508 e. The number of rotatable bonds is 1. The van der Waals surface area contributed by atoms with E-state index in [2.05, 4.69) is 5.32 Å². The minimum atomic E-state index is 0. The van der Waals surface area contributed by atoms with Crippen LogP contribution >= 0.6 is 17.0 Å². The molecule has 0 spiro atoms. The third kappa shape index (κ3) is 2.53. The van der Waals surface area contributed by atoms with Gasteiger partial charge in [-0.15, -0.1) is 17.0 Å². The van der Waals surface area contributed by atoms with Crippen LogP contribution < -0.4 is 5.32 Å². The summed E-state index contributed by atoms with van der Waals surface area (Å²) < 4.78 is 0. The summed E-state index contributed by atoms with van der Waals surface area (Å²) in [5.41, 5.74) is 4.44. The first-order valence-electron chi connectivity index (χ1n) is 6.48. The fraction of sp³-hybridized carbons (Fsp3) is 0.250. The molecule has 3 nitrogen and oxygen atoms in total. The summed E-state index contributed by atoms with van der Waals surface area (Å²) in [6.07, 6.45) is 0. The SMILES string of the molecule is Br.Cc1c(O)ccc2c1CNCC2c1cccc(O)c1. The first kappa shape index (κ1) is 14.9. The molecule has 0 radical (unpaired) electrons. The van der Waals surface area contributed by atoms with Gasteiger partial charge in [-0.1, -0.05) is 18.2 Å². The maximum absolute atomic E-state index is 9.81. The molecule has 1 aliphatic heterocycles. The molecule has 1 aliphatic rings. The van der Waals surface area contributed by atoms with Gasteiger partial charge in [0.25, 0.3) is 0 Å². The van der Waals surface area contributed by atoms with Crippen LogP contribution in [0.25, 0.3) is 0 Å². The number of hydrogen-bond acceptors (Lipinski definition) is 3. The maximum atomic E-state index is 9.81. The molecule has 3 rings (SSSR count). The van der Waals surface area contributed by atoms with Gasteiger partial charge in [0.1, 0.15) is 11.5 Å². The smallest absolute Gasteiger partial charge is 0.118 e. The van der Waals surface area contributed by atoms with Crippen molar-refractivity contribution in [2.45, 2.75) is 19.4 Å². The maximum Gasteiger partial charge on any atom is 0.118 e. The molecule has 3 N–H and O–H groups in total. The Hall–Kier alpha value is -1.52. The summed E-state index contributed by atoms with van der Waals surface area (Å²) in [4.78, 5) is 0. The van der Waals surface area contributed by atoms with Crippen LogP contribution in [0, 0.1) is 6.92 Å². The second-order valence-corrected chi connectivity index (χ2v) is 5.06. The first-order valence-corrected chi connectivity index (χ1v) is 6.48. The monoisotopic (exact) mass is 335 g/mol. The van der Waals surface area contributed by atoms with Crippen LogP contribution in [-0.4, -0.2) is 16.8 Å². The molecule has 4 heteroatoms. The van der Waals surface area contributed by atoms with Crippen molar-refractivity contribution >= 4 is 17.0 Å². The van der Waals surface area contributed by atoms with Crippen LogP contribution in [0.4, 0.5) is 0 Å². The molecule has 1 heterocycles. The zero-order valence-electron chi connectivity index (χ0n) is 11.3. The van der Waals surface area contributed by atoms with Crippen LogP contribution in [0.5, 0.6) is 11.5 Å². The van der Waals surface area contributed by atoms with Gasteiger partial charge in [0.2, 0.25) is 0 Å². The van der Waals surface area contributed by atoms with Gasteiger partial charge in [-0.05, 0) is 47.4 Å². The molecule has 20 heavy (non-hydrogen) atoms. The summed E-state index contributed by atoms with van der Waals surface area (Å²) >= 11 is 0. The molecule has 1 unspecified atom stereocenters. The number of benzene rings is 2. The fourth-order valence-corrected chi connectivity index (χ4v) is 2.82. The average molecular weight is 336 g/mol. The Balaban J connectivity index is 0.00000147. The van der Waals surface area contributed by atoms with Crippen molar-refractivity contribution < 1.29 is 10.2 Å². The topological polar surface area (TPSA) is 52.5 Å². The lowest BCUT2D eigenvalue weighted by atomic mass is 9.83. The van der Waals surface area contributed by atoms with Gasteiger partial charge in [0.15, 0.2) is 0 Å². The number of halogens is 1. The molecule has 0 fully saturated rings. The highest BCUT2D eigenvalue weighted by Crippen LogP contribution is 2.35. The van der Waals surface area contributed by atoms with Crippen molar-refractivity contribution in [2.75, 3.05) is 6.54 Å². The number of hydrogen-bond donors (Lipinski definition) is 3. The number of fused-ring (bicyclic) bond motifs is 1. The molecular weight excluding hydrogens is 318 g/mol. The Kier molecular flexibility index (Phi) is 4.35. The van der Waals surface area contributed by atoms with E-state index in [4.69, 9.17) is 0 Å². The van der Waals surface area contributed by atoms with Crippen molar-refractivity contribution in [1.82, 2.24) is 5.32 Å². The van der Waals surface area contributed by atoms with Crippen molar-refractivity contribution in [3.05, 3.63) is 58.7 Å². The van der Waals surface area contributed by atoms with Gasteiger partial charge in [-0.25, -0.2) is 0 Å². The molecule has 106 valence electrons. The zero-order valence-corrected chi connectivity index (χ0v) is 13.0. The van der Waals surface area contributed by atoms with Gasteiger partial charge < -0.3 is 15.5 Å². The van der Waals surface area contributed by atoms with Gasteiger partial charge in [-0.3, -0.25) is 0 Å². The molecule has 2 aromatic carbocycles. The fourth-order valence-electron chi connectivity index (χ4n) is 2.82. The highest BCUT2D eigenvalue weighted by Gasteiger charge is 2.23. The molecule has 0 saturated heterocycles. The van der Waals surface area contributed by atoms with E-state index in [1.807, 2.05) is 31.2 Å². The predicted octanol–water partition coefficient (Wildman–Crippen LogP) is 3.22. The van der Waals surface area contributed by atoms with Crippen molar-refractivity contribution in [3.8, 4) is 11.5 Å². The minimum absolute atomic E-state index is 0. The standard InChI is InChI=1S/C16H17NO2.BrH/c1-10-14-8-17-9-15(13(14)5-6-16(10)19)11-3-2-4-12(18)7-11;/h2-7,15,17-19H,8-9H2,1H3;1H. The lowest BCUT2D eigenvalue weighted by molar-refractivity contribution is 0.465. The second-order valence-electron chi connectivity index (χ2n) is 5.06. The van der Waals surface area contributed by atoms with Gasteiger partial charge in [0.05, 0.1) is 0 Å². The Morgan fingerprint density at radius 1 is 1.15 bits per heavy atom. The van der Waals surface area contributed by atoms with Crippen LogP contribution in [0.3, 0.4) is 0 Å². The molecule has 0 bridgehead atoms. The van der Waals surface area contributed by atoms with Crippen LogP contribution in [0.1, 0.15) is 28.2 Å². The van der Waals surface area contributed by atoms with Gasteiger partial charge in [0, 0.05) is 19.0 Å². The normalized spacial score (nSPS) is 17.1. The third-order valence-electron chi connectivity index (χ3n) is 3.90. The first-order chi connectivity index (χ1) is 9.16. The van der Waals surface area contributed by atoms with E-state index in [1.165, 1.54) is 11.1 Å².